The molecular formula is C17H22FN3O. The van der Waals surface area contributed by atoms with Crippen molar-refractivity contribution in [3.8, 4) is 0 Å². The fourth-order valence-electron chi connectivity index (χ4n) is 3.13. The minimum absolute atomic E-state index is 0.0880. The highest BCUT2D eigenvalue weighted by Crippen LogP contribution is 2.29. The summed E-state index contributed by atoms with van der Waals surface area (Å²) in [4.78, 5) is 2.23. The molecule has 1 aromatic heterocycles. The summed E-state index contributed by atoms with van der Waals surface area (Å²) < 4.78 is 14.9. The lowest BCUT2D eigenvalue weighted by Crippen LogP contribution is -2.42. The molecule has 0 aliphatic carbocycles. The van der Waals surface area contributed by atoms with Crippen LogP contribution in [0.15, 0.2) is 36.5 Å². The molecule has 2 aromatic rings. The maximum atomic E-state index is 13.0. The summed E-state index contributed by atoms with van der Waals surface area (Å²) in [6, 6.07) is 8.52. The fraction of sp³-hybridized carbons (Fsp3) is 0.471. The van der Waals surface area contributed by atoms with Gasteiger partial charge in [-0.1, -0.05) is 12.1 Å². The molecule has 0 radical (unpaired) electrons. The third-order valence-corrected chi connectivity index (χ3v) is 4.37. The van der Waals surface area contributed by atoms with E-state index in [0.717, 1.165) is 37.3 Å². The maximum absolute atomic E-state index is 13.0. The van der Waals surface area contributed by atoms with Crippen LogP contribution >= 0.6 is 0 Å². The van der Waals surface area contributed by atoms with Crippen molar-refractivity contribution in [2.75, 3.05) is 13.1 Å². The highest BCUT2D eigenvalue weighted by Gasteiger charge is 2.29. The molecule has 1 aliphatic heterocycles. The number of likely N-dealkylation sites (tertiary alicyclic amines) is 1. The number of rotatable bonds is 4. The Morgan fingerprint density at radius 1 is 1.27 bits per heavy atom. The minimum Gasteiger partial charge on any atom is -0.391 e. The smallest absolute Gasteiger partial charge is 0.123 e. The lowest BCUT2D eigenvalue weighted by atomic mass is 9.87. The van der Waals surface area contributed by atoms with E-state index in [2.05, 4.69) is 16.9 Å². The van der Waals surface area contributed by atoms with Crippen LogP contribution in [0.1, 0.15) is 30.5 Å². The van der Waals surface area contributed by atoms with Crippen molar-refractivity contribution in [1.29, 1.82) is 0 Å². The number of β-amino-alcohol motifs (C(OH)–C–C–N with tert-alkyl or cyclic N) is 1. The van der Waals surface area contributed by atoms with Gasteiger partial charge in [0.1, 0.15) is 5.82 Å². The van der Waals surface area contributed by atoms with Gasteiger partial charge in [-0.25, -0.2) is 4.39 Å². The van der Waals surface area contributed by atoms with Gasteiger partial charge >= 0.3 is 0 Å². The molecule has 0 spiro atoms. The number of benzene rings is 1. The zero-order valence-corrected chi connectivity index (χ0v) is 12.8. The van der Waals surface area contributed by atoms with Crippen LogP contribution in [0.5, 0.6) is 0 Å². The van der Waals surface area contributed by atoms with Gasteiger partial charge in [0, 0.05) is 31.7 Å². The van der Waals surface area contributed by atoms with Gasteiger partial charge in [0.2, 0.25) is 0 Å². The van der Waals surface area contributed by atoms with Crippen LogP contribution in [0, 0.1) is 5.82 Å². The van der Waals surface area contributed by atoms with Crippen LogP contribution in [-0.4, -0.2) is 39.0 Å². The van der Waals surface area contributed by atoms with Crippen molar-refractivity contribution < 1.29 is 9.50 Å². The van der Waals surface area contributed by atoms with E-state index in [0.29, 0.717) is 6.54 Å². The Hall–Kier alpha value is -1.72. The standard InChI is InChI=1S/C17H22FN3O/c1-2-21-10-7-15(19-21)11-20-9-8-16(17(22)12-20)13-3-5-14(18)6-4-13/h3-7,10,16-17,22H,2,8-9,11-12H2,1H3/t16-,17+/m1/s1. The lowest BCUT2D eigenvalue weighted by Gasteiger charge is -2.35. The van der Waals surface area contributed by atoms with Gasteiger partial charge in [-0.2, -0.15) is 5.10 Å². The van der Waals surface area contributed by atoms with E-state index in [9.17, 15) is 9.50 Å². The third-order valence-electron chi connectivity index (χ3n) is 4.37. The summed E-state index contributed by atoms with van der Waals surface area (Å²) in [6.45, 7) is 5.24. The molecule has 3 rings (SSSR count). The van der Waals surface area contributed by atoms with E-state index < -0.39 is 6.10 Å². The minimum atomic E-state index is -0.424. The predicted octanol–water partition coefficient (Wildman–Crippen LogP) is 2.39. The Labute approximate surface area is 130 Å². The zero-order valence-electron chi connectivity index (χ0n) is 12.8. The zero-order chi connectivity index (χ0) is 15.5. The van der Waals surface area contributed by atoms with Gasteiger partial charge < -0.3 is 5.11 Å². The first-order chi connectivity index (χ1) is 10.7. The first kappa shape index (κ1) is 15.2. The summed E-state index contributed by atoms with van der Waals surface area (Å²) >= 11 is 0. The van der Waals surface area contributed by atoms with Crippen molar-refractivity contribution in [1.82, 2.24) is 14.7 Å². The molecule has 1 saturated heterocycles. The van der Waals surface area contributed by atoms with Crippen molar-refractivity contribution in [2.24, 2.45) is 0 Å². The number of hydrogen-bond acceptors (Lipinski definition) is 3. The molecule has 1 N–H and O–H groups in total. The van der Waals surface area contributed by atoms with Crippen LogP contribution in [0.4, 0.5) is 4.39 Å². The van der Waals surface area contributed by atoms with Crippen LogP contribution in [-0.2, 0) is 13.1 Å². The van der Waals surface area contributed by atoms with Gasteiger partial charge in [0.15, 0.2) is 0 Å². The molecule has 1 fully saturated rings. The number of hydrogen-bond donors (Lipinski definition) is 1. The predicted molar refractivity (Wildman–Crippen MR) is 82.9 cm³/mol. The van der Waals surface area contributed by atoms with E-state index in [4.69, 9.17) is 0 Å². The van der Waals surface area contributed by atoms with Gasteiger partial charge in [-0.05, 0) is 43.7 Å². The summed E-state index contributed by atoms with van der Waals surface area (Å²) in [7, 11) is 0. The molecule has 2 atom stereocenters. The van der Waals surface area contributed by atoms with Crippen molar-refractivity contribution in [3.63, 3.8) is 0 Å². The molecular weight excluding hydrogens is 281 g/mol. The normalized spacial score (nSPS) is 22.9. The molecule has 5 heteroatoms. The van der Waals surface area contributed by atoms with Crippen LogP contribution in [0.25, 0.3) is 0 Å². The molecule has 1 aliphatic rings. The van der Waals surface area contributed by atoms with E-state index >= 15 is 0 Å². The number of aliphatic hydroxyl groups excluding tert-OH is 1. The molecule has 118 valence electrons. The van der Waals surface area contributed by atoms with E-state index in [1.54, 1.807) is 12.1 Å². The maximum Gasteiger partial charge on any atom is 0.123 e. The molecule has 1 aromatic carbocycles. The Balaban J connectivity index is 1.60. The fourth-order valence-corrected chi connectivity index (χ4v) is 3.13. The molecule has 2 heterocycles. The van der Waals surface area contributed by atoms with E-state index in [1.165, 1.54) is 12.1 Å². The number of halogens is 1. The monoisotopic (exact) mass is 303 g/mol. The van der Waals surface area contributed by atoms with E-state index in [1.807, 2.05) is 16.9 Å². The van der Waals surface area contributed by atoms with E-state index in [-0.39, 0.29) is 11.7 Å². The Kier molecular flexibility index (Phi) is 4.55. The van der Waals surface area contributed by atoms with Gasteiger partial charge in [-0.3, -0.25) is 9.58 Å². The number of piperidine rings is 1. The molecule has 22 heavy (non-hydrogen) atoms. The van der Waals surface area contributed by atoms with Crippen molar-refractivity contribution >= 4 is 0 Å². The number of aliphatic hydroxyl groups is 1. The summed E-state index contributed by atoms with van der Waals surface area (Å²) in [6.07, 6.45) is 2.44. The number of aryl methyl sites for hydroxylation is 1. The van der Waals surface area contributed by atoms with Crippen molar-refractivity contribution in [3.05, 3.63) is 53.6 Å². The van der Waals surface area contributed by atoms with Gasteiger partial charge in [0.25, 0.3) is 0 Å². The average Bonchev–Trinajstić information content (AvgIpc) is 2.96. The quantitative estimate of drug-likeness (QED) is 0.943. The summed E-state index contributed by atoms with van der Waals surface area (Å²) in [5.74, 6) is -0.146. The number of aromatic nitrogens is 2. The Morgan fingerprint density at radius 2 is 2.05 bits per heavy atom. The van der Waals surface area contributed by atoms with Crippen LogP contribution in [0.3, 0.4) is 0 Å². The van der Waals surface area contributed by atoms with Gasteiger partial charge in [0.05, 0.1) is 11.8 Å². The lowest BCUT2D eigenvalue weighted by molar-refractivity contribution is 0.0470. The topological polar surface area (TPSA) is 41.3 Å². The molecule has 0 unspecified atom stereocenters. The van der Waals surface area contributed by atoms with Crippen LogP contribution < -0.4 is 0 Å². The second-order valence-corrected chi connectivity index (χ2v) is 5.91. The van der Waals surface area contributed by atoms with Crippen LogP contribution in [0.2, 0.25) is 0 Å². The van der Waals surface area contributed by atoms with Gasteiger partial charge in [-0.15, -0.1) is 0 Å². The summed E-state index contributed by atoms with van der Waals surface area (Å²) in [5, 5.41) is 14.9. The van der Waals surface area contributed by atoms with Crippen molar-refractivity contribution in [2.45, 2.75) is 38.5 Å². The largest absolute Gasteiger partial charge is 0.391 e. The Morgan fingerprint density at radius 3 is 2.68 bits per heavy atom. The Bertz CT molecular complexity index is 611. The molecule has 0 saturated carbocycles. The highest BCUT2D eigenvalue weighted by molar-refractivity contribution is 5.22. The molecule has 0 amide bonds. The molecule has 0 bridgehead atoms. The first-order valence-corrected chi connectivity index (χ1v) is 7.84. The number of nitrogens with zero attached hydrogens (tertiary/aromatic N) is 3. The molecule has 4 nitrogen and oxygen atoms in total. The first-order valence-electron chi connectivity index (χ1n) is 7.84. The second-order valence-electron chi connectivity index (χ2n) is 5.91. The SMILES string of the molecule is CCn1ccc(CN2CC[C@H](c3ccc(F)cc3)[C@@H](O)C2)n1. The third kappa shape index (κ3) is 3.36. The summed E-state index contributed by atoms with van der Waals surface area (Å²) in [5.41, 5.74) is 2.05. The second kappa shape index (κ2) is 6.58. The average molecular weight is 303 g/mol. The highest BCUT2D eigenvalue weighted by atomic mass is 19.1.